The van der Waals surface area contributed by atoms with Crippen LogP contribution in [0.5, 0.6) is 0 Å². The molecular formula is C24H22ClF3N6O. The van der Waals surface area contributed by atoms with Crippen LogP contribution >= 0.6 is 11.6 Å². The topological polar surface area (TPSA) is 77.1 Å². The highest BCUT2D eigenvalue weighted by molar-refractivity contribution is 6.30. The maximum absolute atomic E-state index is 13.1. The molecule has 1 atom stereocenters. The number of amides is 1. The molecule has 0 fully saturated rings. The summed E-state index contributed by atoms with van der Waals surface area (Å²) in [6, 6.07) is 7.43. The van der Waals surface area contributed by atoms with Gasteiger partial charge in [0.05, 0.1) is 28.5 Å². The van der Waals surface area contributed by atoms with E-state index in [1.54, 1.807) is 21.4 Å². The van der Waals surface area contributed by atoms with E-state index in [-0.39, 0.29) is 25.3 Å². The van der Waals surface area contributed by atoms with Gasteiger partial charge >= 0.3 is 6.18 Å². The zero-order chi connectivity index (χ0) is 24.7. The zero-order valence-electron chi connectivity index (χ0n) is 18.8. The van der Waals surface area contributed by atoms with E-state index in [0.29, 0.717) is 46.7 Å². The molecule has 7 nitrogen and oxygen atoms in total. The number of carbonyl (C=O) groups excluding carboxylic acids is 1. The predicted molar refractivity (Wildman–Crippen MR) is 124 cm³/mol. The lowest BCUT2D eigenvalue weighted by Crippen LogP contribution is -2.31. The fraction of sp³-hybridized carbons (Fsp3) is 0.333. The quantitative estimate of drug-likeness (QED) is 0.422. The number of hydrogen-bond acceptors (Lipinski definition) is 4. The molecule has 1 aliphatic rings. The molecule has 0 bridgehead atoms. The molecule has 0 saturated heterocycles. The number of nitrogens with one attached hydrogen (secondary N) is 1. The monoisotopic (exact) mass is 502 g/mol. The van der Waals surface area contributed by atoms with Crippen LogP contribution in [0.1, 0.15) is 40.9 Å². The van der Waals surface area contributed by atoms with Gasteiger partial charge in [-0.3, -0.25) is 9.20 Å². The molecule has 182 valence electrons. The molecule has 0 aliphatic carbocycles. The molecule has 0 radical (unpaired) electrons. The number of carbonyl (C=O) groups is 1. The summed E-state index contributed by atoms with van der Waals surface area (Å²) in [5.41, 5.74) is 3.34. The molecular weight excluding hydrogens is 481 g/mol. The fourth-order valence-corrected chi connectivity index (χ4v) is 4.50. The molecule has 35 heavy (non-hydrogen) atoms. The average Bonchev–Trinajstić information content (AvgIpc) is 3.42. The van der Waals surface area contributed by atoms with Gasteiger partial charge in [-0.2, -0.15) is 13.2 Å². The average molecular weight is 503 g/mol. The molecule has 0 spiro atoms. The van der Waals surface area contributed by atoms with Crippen LogP contribution in [0, 0.1) is 5.92 Å². The zero-order valence-corrected chi connectivity index (χ0v) is 19.6. The van der Waals surface area contributed by atoms with Crippen LogP contribution in [0.15, 0.2) is 42.9 Å². The Labute approximate surface area is 204 Å². The van der Waals surface area contributed by atoms with Crippen molar-refractivity contribution in [2.75, 3.05) is 0 Å². The predicted octanol–water partition coefficient (Wildman–Crippen LogP) is 4.86. The summed E-state index contributed by atoms with van der Waals surface area (Å²) in [7, 11) is 0. The Hall–Kier alpha value is -3.40. The molecule has 4 aromatic rings. The molecule has 0 unspecified atom stereocenters. The number of aryl methyl sites for hydroxylation is 2. The van der Waals surface area contributed by atoms with Crippen molar-refractivity contribution >= 4 is 23.3 Å². The second-order valence-corrected chi connectivity index (χ2v) is 8.99. The van der Waals surface area contributed by atoms with E-state index in [4.69, 9.17) is 11.6 Å². The summed E-state index contributed by atoms with van der Waals surface area (Å²) in [4.78, 5) is 26.0. The summed E-state index contributed by atoms with van der Waals surface area (Å²) in [6.07, 6.45) is 1.23. The molecule has 4 heterocycles. The molecule has 3 aromatic heterocycles. The summed E-state index contributed by atoms with van der Waals surface area (Å²) in [5.74, 6) is -0.767. The highest BCUT2D eigenvalue weighted by Gasteiger charge is 2.41. The summed E-state index contributed by atoms with van der Waals surface area (Å²) < 4.78 is 42.6. The number of hydrogen-bond donors (Lipinski definition) is 1. The van der Waals surface area contributed by atoms with Crippen LogP contribution in [-0.4, -0.2) is 36.0 Å². The second-order valence-electron chi connectivity index (χ2n) is 8.55. The van der Waals surface area contributed by atoms with Crippen molar-refractivity contribution in [3.8, 4) is 11.3 Å². The maximum atomic E-state index is 13.1. The fourth-order valence-electron chi connectivity index (χ4n) is 4.35. The van der Waals surface area contributed by atoms with Gasteiger partial charge in [0.25, 0.3) is 5.91 Å². The smallest absolute Gasteiger partial charge is 0.347 e. The minimum atomic E-state index is -4.20. The lowest BCUT2D eigenvalue weighted by atomic mass is 9.97. The van der Waals surface area contributed by atoms with Gasteiger partial charge in [0, 0.05) is 37.5 Å². The summed E-state index contributed by atoms with van der Waals surface area (Å²) in [6.45, 7) is 2.51. The molecule has 5 rings (SSSR count). The van der Waals surface area contributed by atoms with Gasteiger partial charge in [-0.05, 0) is 18.4 Å². The second kappa shape index (κ2) is 8.99. The van der Waals surface area contributed by atoms with Crippen molar-refractivity contribution < 1.29 is 18.0 Å². The van der Waals surface area contributed by atoms with Crippen LogP contribution < -0.4 is 5.32 Å². The Bertz CT molecular complexity index is 1390. The lowest BCUT2D eigenvalue weighted by Gasteiger charge is -2.25. The largest absolute Gasteiger partial charge is 0.392 e. The van der Waals surface area contributed by atoms with Gasteiger partial charge < -0.3 is 9.88 Å². The molecule has 1 aromatic carbocycles. The molecule has 1 aliphatic heterocycles. The van der Waals surface area contributed by atoms with Crippen LogP contribution in [0.25, 0.3) is 17.0 Å². The first kappa shape index (κ1) is 23.3. The number of halogens is 4. The van der Waals surface area contributed by atoms with Gasteiger partial charge in [0.15, 0.2) is 0 Å². The van der Waals surface area contributed by atoms with Gasteiger partial charge in [-0.25, -0.2) is 15.0 Å². The van der Waals surface area contributed by atoms with Crippen LogP contribution in [0.3, 0.4) is 0 Å². The van der Waals surface area contributed by atoms with Crippen molar-refractivity contribution in [1.82, 2.24) is 29.2 Å². The van der Waals surface area contributed by atoms with E-state index in [9.17, 15) is 18.0 Å². The first-order valence-corrected chi connectivity index (χ1v) is 11.6. The van der Waals surface area contributed by atoms with Crippen molar-refractivity contribution in [3.63, 3.8) is 0 Å². The number of nitrogens with zero attached hydrogens (tertiary/aromatic N) is 5. The van der Waals surface area contributed by atoms with E-state index in [1.807, 2.05) is 31.2 Å². The highest BCUT2D eigenvalue weighted by atomic mass is 35.5. The minimum absolute atomic E-state index is 0.0689. The number of aromatic nitrogens is 5. The number of benzene rings is 1. The Morgan fingerprint density at radius 2 is 1.97 bits per heavy atom. The number of rotatable bonds is 5. The first-order chi connectivity index (χ1) is 16.7. The van der Waals surface area contributed by atoms with E-state index in [0.717, 1.165) is 11.1 Å². The van der Waals surface area contributed by atoms with Crippen molar-refractivity contribution in [2.24, 2.45) is 5.92 Å². The van der Waals surface area contributed by atoms with Gasteiger partial charge in [0.2, 0.25) is 5.78 Å². The lowest BCUT2D eigenvalue weighted by molar-refractivity contribution is -0.179. The van der Waals surface area contributed by atoms with Crippen molar-refractivity contribution in [3.05, 3.63) is 70.7 Å². The molecule has 1 N–H and O–H groups in total. The number of alkyl halides is 3. The molecule has 0 saturated carbocycles. The Morgan fingerprint density at radius 1 is 1.20 bits per heavy atom. The van der Waals surface area contributed by atoms with Gasteiger partial charge in [-0.1, -0.05) is 42.8 Å². The molecule has 11 heteroatoms. The summed E-state index contributed by atoms with van der Waals surface area (Å²) in [5, 5.41) is 3.31. The summed E-state index contributed by atoms with van der Waals surface area (Å²) >= 11 is 6.05. The standard InChI is InChI=1S/C24H22ClF3N6O/c1-2-18-21(34-12-17(25)11-30-23(34)32-18)22(35)29-10-14-3-5-15(6-4-14)19-13-33-8-7-16(24(26,27)28)9-20(33)31-19/h3-6,11-13,16H,2,7-10H2,1H3,(H,29,35)/t16-/m0/s1. The van der Waals surface area contributed by atoms with E-state index >= 15 is 0 Å². The Kier molecular flexibility index (Phi) is 6.00. The third-order valence-corrected chi connectivity index (χ3v) is 6.44. The van der Waals surface area contributed by atoms with Crippen molar-refractivity contribution in [1.29, 1.82) is 0 Å². The van der Waals surface area contributed by atoms with E-state index < -0.39 is 12.1 Å². The minimum Gasteiger partial charge on any atom is -0.347 e. The SMILES string of the molecule is CCc1nc2ncc(Cl)cn2c1C(=O)NCc1ccc(-c2cn3c(n2)C[C@@H](C(F)(F)F)CC3)cc1. The normalized spacial score (nSPS) is 15.9. The number of imidazole rings is 2. The molecule has 1 amide bonds. The van der Waals surface area contributed by atoms with Crippen LogP contribution in [0.2, 0.25) is 5.02 Å². The highest BCUT2D eigenvalue weighted by Crippen LogP contribution is 2.35. The maximum Gasteiger partial charge on any atom is 0.392 e. The third kappa shape index (κ3) is 4.62. The number of fused-ring (bicyclic) bond motifs is 2. The van der Waals surface area contributed by atoms with Gasteiger partial charge in [-0.15, -0.1) is 0 Å². The van der Waals surface area contributed by atoms with Crippen LogP contribution in [-0.2, 0) is 25.9 Å². The van der Waals surface area contributed by atoms with Crippen molar-refractivity contribution in [2.45, 2.75) is 45.5 Å². The van der Waals surface area contributed by atoms with E-state index in [2.05, 4.69) is 20.3 Å². The Balaban J connectivity index is 1.28. The third-order valence-electron chi connectivity index (χ3n) is 6.24. The van der Waals surface area contributed by atoms with Crippen LogP contribution in [0.4, 0.5) is 13.2 Å². The van der Waals surface area contributed by atoms with E-state index in [1.165, 1.54) is 6.20 Å². The Morgan fingerprint density at radius 3 is 2.69 bits per heavy atom. The van der Waals surface area contributed by atoms with Gasteiger partial charge in [0.1, 0.15) is 11.5 Å². The first-order valence-electron chi connectivity index (χ1n) is 11.3.